The summed E-state index contributed by atoms with van der Waals surface area (Å²) in [6, 6.07) is 16.9. The highest BCUT2D eigenvalue weighted by Gasteiger charge is 2.32. The topological polar surface area (TPSA) is 55.6 Å². The van der Waals surface area contributed by atoms with Crippen molar-refractivity contribution in [1.82, 2.24) is 0 Å². The number of amides is 1. The van der Waals surface area contributed by atoms with E-state index in [1.807, 2.05) is 54.6 Å². The smallest absolute Gasteiger partial charge is 0.282 e. The van der Waals surface area contributed by atoms with Gasteiger partial charge in [0, 0.05) is 6.42 Å². The quantitative estimate of drug-likeness (QED) is 0.657. The molecule has 1 aliphatic rings. The number of anilines is 1. The largest absolute Gasteiger partial charge is 0.480 e. The minimum absolute atomic E-state index is 0.220. The SMILES string of the molecule is NN1C(=O)C(Oc2ccccc2)Cc2ccccc21. The van der Waals surface area contributed by atoms with Crippen molar-refractivity contribution >= 4 is 11.6 Å². The van der Waals surface area contributed by atoms with E-state index in [2.05, 4.69) is 0 Å². The summed E-state index contributed by atoms with van der Waals surface area (Å²) in [4.78, 5) is 12.2. The zero-order valence-corrected chi connectivity index (χ0v) is 10.3. The number of carbonyl (C=O) groups excluding carboxylic acids is 1. The molecule has 0 aromatic heterocycles. The highest BCUT2D eigenvalue weighted by Crippen LogP contribution is 2.27. The van der Waals surface area contributed by atoms with Crippen LogP contribution < -0.4 is 15.6 Å². The predicted octanol–water partition coefficient (Wildman–Crippen LogP) is 1.90. The Balaban J connectivity index is 1.87. The Morgan fingerprint density at radius 1 is 1.05 bits per heavy atom. The Kier molecular flexibility index (Phi) is 2.93. The summed E-state index contributed by atoms with van der Waals surface area (Å²) in [5.74, 6) is 6.29. The zero-order valence-electron chi connectivity index (χ0n) is 10.3. The Morgan fingerprint density at radius 3 is 2.53 bits per heavy atom. The molecule has 1 atom stereocenters. The van der Waals surface area contributed by atoms with Crippen LogP contribution in [0.2, 0.25) is 0 Å². The van der Waals surface area contributed by atoms with Gasteiger partial charge in [0.2, 0.25) is 0 Å². The zero-order chi connectivity index (χ0) is 13.2. The van der Waals surface area contributed by atoms with E-state index in [1.54, 1.807) is 0 Å². The molecule has 2 aromatic rings. The van der Waals surface area contributed by atoms with Crippen molar-refractivity contribution in [2.75, 3.05) is 5.01 Å². The van der Waals surface area contributed by atoms with Gasteiger partial charge in [0.15, 0.2) is 6.10 Å². The number of hydrogen-bond donors (Lipinski definition) is 1. The van der Waals surface area contributed by atoms with Gasteiger partial charge < -0.3 is 4.74 Å². The number of fused-ring (bicyclic) bond motifs is 1. The molecule has 1 heterocycles. The van der Waals surface area contributed by atoms with Gasteiger partial charge in [-0.2, -0.15) is 0 Å². The fourth-order valence-corrected chi connectivity index (χ4v) is 2.23. The second-order valence-corrected chi connectivity index (χ2v) is 4.46. The number of rotatable bonds is 2. The van der Waals surface area contributed by atoms with Crippen LogP contribution >= 0.6 is 0 Å². The van der Waals surface area contributed by atoms with Crippen LogP contribution in [-0.4, -0.2) is 12.0 Å². The maximum atomic E-state index is 12.2. The minimum atomic E-state index is -0.567. The third-order valence-electron chi connectivity index (χ3n) is 3.19. The van der Waals surface area contributed by atoms with Gasteiger partial charge in [-0.05, 0) is 23.8 Å². The Bertz CT molecular complexity index is 598. The van der Waals surface area contributed by atoms with E-state index in [-0.39, 0.29) is 5.91 Å². The van der Waals surface area contributed by atoms with E-state index in [0.29, 0.717) is 12.2 Å². The van der Waals surface area contributed by atoms with Crippen LogP contribution in [0.15, 0.2) is 54.6 Å². The molecular weight excluding hydrogens is 240 g/mol. The predicted molar refractivity (Wildman–Crippen MR) is 72.7 cm³/mol. The van der Waals surface area contributed by atoms with Gasteiger partial charge in [0.25, 0.3) is 5.91 Å². The number of nitrogens with two attached hydrogens (primary N) is 1. The van der Waals surface area contributed by atoms with Crippen molar-refractivity contribution in [1.29, 1.82) is 0 Å². The van der Waals surface area contributed by atoms with Crippen LogP contribution in [0.25, 0.3) is 0 Å². The first-order chi connectivity index (χ1) is 9.25. The number of nitrogens with zero attached hydrogens (tertiary/aromatic N) is 1. The number of ether oxygens (including phenoxy) is 1. The van der Waals surface area contributed by atoms with Crippen molar-refractivity contribution in [3.8, 4) is 5.75 Å². The van der Waals surface area contributed by atoms with Gasteiger partial charge in [0.05, 0.1) is 5.69 Å². The summed E-state index contributed by atoms with van der Waals surface area (Å²) in [5, 5.41) is 1.17. The van der Waals surface area contributed by atoms with Crippen LogP contribution in [0.3, 0.4) is 0 Å². The van der Waals surface area contributed by atoms with Crippen molar-refractivity contribution in [2.24, 2.45) is 5.84 Å². The fraction of sp³-hybridized carbons (Fsp3) is 0.133. The van der Waals surface area contributed by atoms with Gasteiger partial charge in [0.1, 0.15) is 5.75 Å². The molecule has 1 amide bonds. The number of carbonyl (C=O) groups is 1. The van der Waals surface area contributed by atoms with Gasteiger partial charge >= 0.3 is 0 Å². The second kappa shape index (κ2) is 4.74. The molecule has 4 heteroatoms. The summed E-state index contributed by atoms with van der Waals surface area (Å²) in [6.07, 6.45) is -0.0280. The monoisotopic (exact) mass is 254 g/mol. The lowest BCUT2D eigenvalue weighted by atomic mass is 10.0. The van der Waals surface area contributed by atoms with E-state index in [0.717, 1.165) is 11.3 Å². The molecule has 0 saturated heterocycles. The lowest BCUT2D eigenvalue weighted by Crippen LogP contribution is -2.50. The van der Waals surface area contributed by atoms with E-state index >= 15 is 0 Å². The number of hydrazine groups is 1. The van der Waals surface area contributed by atoms with Crippen molar-refractivity contribution < 1.29 is 9.53 Å². The first-order valence-corrected chi connectivity index (χ1v) is 6.14. The fourth-order valence-electron chi connectivity index (χ4n) is 2.23. The summed E-state index contributed by atoms with van der Waals surface area (Å²) in [5.41, 5.74) is 1.77. The van der Waals surface area contributed by atoms with Crippen molar-refractivity contribution in [3.05, 3.63) is 60.2 Å². The summed E-state index contributed by atoms with van der Waals surface area (Å²) < 4.78 is 5.72. The lowest BCUT2D eigenvalue weighted by molar-refractivity contribution is -0.125. The first-order valence-electron chi connectivity index (χ1n) is 6.14. The molecule has 0 spiro atoms. The van der Waals surface area contributed by atoms with Crippen LogP contribution in [-0.2, 0) is 11.2 Å². The molecule has 0 saturated carbocycles. The Labute approximate surface area is 111 Å². The van der Waals surface area contributed by atoms with Crippen molar-refractivity contribution in [3.63, 3.8) is 0 Å². The number of benzene rings is 2. The average Bonchev–Trinajstić information content (AvgIpc) is 2.46. The van der Waals surface area contributed by atoms with Gasteiger partial charge in [-0.3, -0.25) is 4.79 Å². The summed E-state index contributed by atoms with van der Waals surface area (Å²) >= 11 is 0. The van der Waals surface area contributed by atoms with Crippen LogP contribution in [0, 0.1) is 0 Å². The Morgan fingerprint density at radius 2 is 1.74 bits per heavy atom. The van der Waals surface area contributed by atoms with E-state index in [4.69, 9.17) is 10.6 Å². The molecule has 2 N–H and O–H groups in total. The van der Waals surface area contributed by atoms with Crippen LogP contribution in [0.1, 0.15) is 5.56 Å². The number of para-hydroxylation sites is 2. The molecule has 96 valence electrons. The second-order valence-electron chi connectivity index (χ2n) is 4.46. The summed E-state index contributed by atoms with van der Waals surface area (Å²) in [6.45, 7) is 0. The molecule has 1 aliphatic heterocycles. The standard InChI is InChI=1S/C15H14N2O2/c16-17-13-9-5-4-6-11(13)10-14(15(17)18)19-12-7-2-1-3-8-12/h1-9,14H,10,16H2. The maximum absolute atomic E-state index is 12.2. The minimum Gasteiger partial charge on any atom is -0.480 e. The van der Waals surface area contributed by atoms with Gasteiger partial charge in [-0.15, -0.1) is 0 Å². The molecule has 0 radical (unpaired) electrons. The third-order valence-corrected chi connectivity index (χ3v) is 3.19. The molecular formula is C15H14N2O2. The summed E-state index contributed by atoms with van der Waals surface area (Å²) in [7, 11) is 0. The van der Waals surface area contributed by atoms with E-state index < -0.39 is 6.10 Å². The van der Waals surface area contributed by atoms with Gasteiger partial charge in [-0.25, -0.2) is 10.9 Å². The molecule has 4 nitrogen and oxygen atoms in total. The van der Waals surface area contributed by atoms with Gasteiger partial charge in [-0.1, -0.05) is 36.4 Å². The van der Waals surface area contributed by atoms with Crippen molar-refractivity contribution in [2.45, 2.75) is 12.5 Å². The number of hydrogen-bond acceptors (Lipinski definition) is 3. The normalized spacial score (nSPS) is 18.1. The first kappa shape index (κ1) is 11.7. The maximum Gasteiger partial charge on any atom is 0.282 e. The highest BCUT2D eigenvalue weighted by atomic mass is 16.5. The molecule has 0 bridgehead atoms. The van der Waals surface area contributed by atoms with E-state index in [1.165, 1.54) is 5.01 Å². The Hall–Kier alpha value is -2.33. The highest BCUT2D eigenvalue weighted by molar-refractivity contribution is 5.98. The molecule has 1 unspecified atom stereocenters. The average molecular weight is 254 g/mol. The molecule has 19 heavy (non-hydrogen) atoms. The van der Waals surface area contributed by atoms with Crippen LogP contribution in [0.4, 0.5) is 5.69 Å². The van der Waals surface area contributed by atoms with Crippen LogP contribution in [0.5, 0.6) is 5.75 Å². The van der Waals surface area contributed by atoms with E-state index in [9.17, 15) is 4.79 Å². The third kappa shape index (κ3) is 2.18. The molecule has 0 aliphatic carbocycles. The molecule has 2 aromatic carbocycles. The lowest BCUT2D eigenvalue weighted by Gasteiger charge is -2.30. The molecule has 0 fully saturated rings. The molecule has 3 rings (SSSR count).